The lowest BCUT2D eigenvalue weighted by Gasteiger charge is -2.20. The highest BCUT2D eigenvalue weighted by Crippen LogP contribution is 2.29. The van der Waals surface area contributed by atoms with Gasteiger partial charge in [-0.1, -0.05) is 36.7 Å². The number of benzene rings is 2. The molecule has 1 unspecified atom stereocenters. The van der Waals surface area contributed by atoms with E-state index in [1.807, 2.05) is 6.92 Å². The zero-order chi connectivity index (χ0) is 15.6. The topological polar surface area (TPSA) is 12.0 Å². The van der Waals surface area contributed by atoms with Crippen molar-refractivity contribution in [2.75, 3.05) is 6.54 Å². The van der Waals surface area contributed by atoms with Crippen LogP contribution in [0, 0.1) is 24.4 Å². The van der Waals surface area contributed by atoms with Gasteiger partial charge in [-0.2, -0.15) is 0 Å². The molecule has 0 fully saturated rings. The van der Waals surface area contributed by atoms with Crippen LogP contribution in [0.25, 0.3) is 0 Å². The van der Waals surface area contributed by atoms with Crippen LogP contribution in [-0.4, -0.2) is 6.54 Å². The molecule has 0 aliphatic rings. The molecule has 0 aliphatic carbocycles. The number of nitrogens with one attached hydrogen (secondary N) is 1. The third kappa shape index (κ3) is 3.22. The summed E-state index contributed by atoms with van der Waals surface area (Å²) in [6.07, 6.45) is 0. The highest BCUT2D eigenvalue weighted by Gasteiger charge is 2.21. The van der Waals surface area contributed by atoms with E-state index in [1.165, 1.54) is 37.3 Å². The fourth-order valence-corrected chi connectivity index (χ4v) is 2.38. The SMILES string of the molecule is CCNC(c1ccc(F)c(Cl)c1)c1ccc(C)c(F)c1F. The second-order valence-corrected chi connectivity index (χ2v) is 5.17. The molecule has 1 N–H and O–H groups in total. The summed E-state index contributed by atoms with van der Waals surface area (Å²) in [7, 11) is 0. The van der Waals surface area contributed by atoms with Gasteiger partial charge in [-0.15, -0.1) is 0 Å². The van der Waals surface area contributed by atoms with Crippen LogP contribution >= 0.6 is 11.6 Å². The van der Waals surface area contributed by atoms with Gasteiger partial charge in [0.05, 0.1) is 11.1 Å². The molecule has 0 spiro atoms. The van der Waals surface area contributed by atoms with E-state index >= 15 is 0 Å². The molecule has 0 radical (unpaired) electrons. The van der Waals surface area contributed by atoms with Crippen LogP contribution in [0.4, 0.5) is 13.2 Å². The molecule has 5 heteroatoms. The Bertz CT molecular complexity index is 658. The molecular formula is C16H15ClF3N. The maximum atomic E-state index is 14.2. The summed E-state index contributed by atoms with van der Waals surface area (Å²) >= 11 is 5.77. The summed E-state index contributed by atoms with van der Waals surface area (Å²) in [6.45, 7) is 3.88. The van der Waals surface area contributed by atoms with Crippen LogP contribution in [0.2, 0.25) is 5.02 Å². The largest absolute Gasteiger partial charge is 0.306 e. The Labute approximate surface area is 126 Å². The lowest BCUT2D eigenvalue weighted by atomic mass is 9.96. The monoisotopic (exact) mass is 313 g/mol. The molecule has 2 aromatic carbocycles. The zero-order valence-corrected chi connectivity index (χ0v) is 12.4. The average Bonchev–Trinajstić information content (AvgIpc) is 2.46. The van der Waals surface area contributed by atoms with Crippen LogP contribution in [0.1, 0.15) is 29.7 Å². The number of hydrogen-bond donors (Lipinski definition) is 1. The molecule has 1 atom stereocenters. The molecule has 2 aromatic rings. The standard InChI is InChI=1S/C16H15ClF3N/c1-3-21-16(10-5-7-13(18)12(17)8-10)11-6-4-9(2)14(19)15(11)20/h4-8,16,21H,3H2,1-2H3. The minimum Gasteiger partial charge on any atom is -0.306 e. The average molecular weight is 314 g/mol. The Morgan fingerprint density at radius 1 is 1.10 bits per heavy atom. The quantitative estimate of drug-likeness (QED) is 0.857. The molecule has 0 saturated carbocycles. The maximum absolute atomic E-state index is 14.2. The van der Waals surface area contributed by atoms with E-state index in [-0.39, 0.29) is 16.1 Å². The van der Waals surface area contributed by atoms with Crippen molar-refractivity contribution in [3.8, 4) is 0 Å². The first kappa shape index (κ1) is 15.9. The number of hydrogen-bond acceptors (Lipinski definition) is 1. The van der Waals surface area contributed by atoms with Crippen LogP contribution in [0.5, 0.6) is 0 Å². The predicted octanol–water partition coefficient (Wildman–Crippen LogP) is 4.76. The van der Waals surface area contributed by atoms with E-state index in [0.717, 1.165) is 0 Å². The molecule has 0 saturated heterocycles. The molecule has 0 heterocycles. The van der Waals surface area contributed by atoms with Crippen molar-refractivity contribution in [3.63, 3.8) is 0 Å². The van der Waals surface area contributed by atoms with Gasteiger partial charge in [0.2, 0.25) is 0 Å². The van der Waals surface area contributed by atoms with Gasteiger partial charge in [0.15, 0.2) is 11.6 Å². The number of halogens is 4. The van der Waals surface area contributed by atoms with Crippen molar-refractivity contribution < 1.29 is 13.2 Å². The highest BCUT2D eigenvalue weighted by atomic mass is 35.5. The molecule has 112 valence electrons. The molecule has 0 aliphatic heterocycles. The molecular weight excluding hydrogens is 299 g/mol. The smallest absolute Gasteiger partial charge is 0.164 e. The van der Waals surface area contributed by atoms with E-state index < -0.39 is 23.5 Å². The van der Waals surface area contributed by atoms with Gasteiger partial charge in [-0.25, -0.2) is 13.2 Å². The van der Waals surface area contributed by atoms with Crippen molar-refractivity contribution >= 4 is 11.6 Å². The van der Waals surface area contributed by atoms with Gasteiger partial charge in [-0.05, 0) is 36.7 Å². The first-order valence-corrected chi connectivity index (χ1v) is 6.96. The molecule has 0 aromatic heterocycles. The number of aryl methyl sites for hydroxylation is 1. The minimum absolute atomic E-state index is 0.0524. The zero-order valence-electron chi connectivity index (χ0n) is 11.7. The van der Waals surface area contributed by atoms with Crippen LogP contribution in [0.3, 0.4) is 0 Å². The van der Waals surface area contributed by atoms with Crippen molar-refractivity contribution in [3.05, 3.63) is 69.5 Å². The van der Waals surface area contributed by atoms with E-state index in [2.05, 4.69) is 5.32 Å². The lowest BCUT2D eigenvalue weighted by Crippen LogP contribution is -2.23. The Morgan fingerprint density at radius 3 is 2.43 bits per heavy atom. The van der Waals surface area contributed by atoms with E-state index in [0.29, 0.717) is 12.1 Å². The second kappa shape index (κ2) is 6.50. The Balaban J connectivity index is 2.53. The summed E-state index contributed by atoms with van der Waals surface area (Å²) in [5, 5.41) is 3.01. The van der Waals surface area contributed by atoms with Gasteiger partial charge >= 0.3 is 0 Å². The Morgan fingerprint density at radius 2 is 1.81 bits per heavy atom. The van der Waals surface area contributed by atoms with Gasteiger partial charge in [0, 0.05) is 5.56 Å². The van der Waals surface area contributed by atoms with Gasteiger partial charge in [0.1, 0.15) is 5.82 Å². The summed E-state index contributed by atoms with van der Waals surface area (Å²) in [5.41, 5.74) is 0.983. The first-order valence-electron chi connectivity index (χ1n) is 6.58. The summed E-state index contributed by atoms with van der Waals surface area (Å²) in [6, 6.07) is 6.59. The molecule has 21 heavy (non-hydrogen) atoms. The predicted molar refractivity (Wildman–Crippen MR) is 78.0 cm³/mol. The van der Waals surface area contributed by atoms with Crippen molar-refractivity contribution in [2.45, 2.75) is 19.9 Å². The third-order valence-electron chi connectivity index (χ3n) is 3.30. The van der Waals surface area contributed by atoms with E-state index in [9.17, 15) is 13.2 Å². The van der Waals surface area contributed by atoms with E-state index in [4.69, 9.17) is 11.6 Å². The van der Waals surface area contributed by atoms with Crippen molar-refractivity contribution in [2.24, 2.45) is 0 Å². The van der Waals surface area contributed by atoms with Crippen LogP contribution in [0.15, 0.2) is 30.3 Å². The summed E-state index contributed by atoms with van der Waals surface area (Å²) in [4.78, 5) is 0. The fraction of sp³-hybridized carbons (Fsp3) is 0.250. The summed E-state index contributed by atoms with van der Waals surface area (Å²) in [5.74, 6) is -2.32. The molecule has 1 nitrogen and oxygen atoms in total. The van der Waals surface area contributed by atoms with Crippen LogP contribution in [-0.2, 0) is 0 Å². The highest BCUT2D eigenvalue weighted by molar-refractivity contribution is 6.30. The molecule has 0 amide bonds. The normalized spacial score (nSPS) is 12.5. The summed E-state index contributed by atoms with van der Waals surface area (Å²) < 4.78 is 41.2. The third-order valence-corrected chi connectivity index (χ3v) is 3.59. The minimum atomic E-state index is -0.901. The second-order valence-electron chi connectivity index (χ2n) is 4.76. The van der Waals surface area contributed by atoms with Crippen molar-refractivity contribution in [1.82, 2.24) is 5.32 Å². The van der Waals surface area contributed by atoms with Crippen LogP contribution < -0.4 is 5.32 Å². The molecule has 2 rings (SSSR count). The van der Waals surface area contributed by atoms with Gasteiger partial charge < -0.3 is 5.32 Å². The Hall–Kier alpha value is -1.52. The van der Waals surface area contributed by atoms with Gasteiger partial charge in [0.25, 0.3) is 0 Å². The van der Waals surface area contributed by atoms with E-state index in [1.54, 1.807) is 0 Å². The fourth-order valence-electron chi connectivity index (χ4n) is 2.19. The molecule has 0 bridgehead atoms. The lowest BCUT2D eigenvalue weighted by molar-refractivity contribution is 0.478. The Kier molecular flexibility index (Phi) is 4.91. The van der Waals surface area contributed by atoms with Crippen molar-refractivity contribution in [1.29, 1.82) is 0 Å². The maximum Gasteiger partial charge on any atom is 0.164 e. The number of rotatable bonds is 4. The first-order chi connectivity index (χ1) is 9.95. The van der Waals surface area contributed by atoms with Gasteiger partial charge in [-0.3, -0.25) is 0 Å².